The van der Waals surface area contributed by atoms with Crippen LogP contribution < -0.4 is 29.6 Å². The molecule has 0 aromatic carbocycles. The molecule has 0 saturated heterocycles. The molecule has 60 valence electrons. The third-order valence-corrected chi connectivity index (χ3v) is 1.98. The maximum absolute atomic E-state index is 10.7. The summed E-state index contributed by atoms with van der Waals surface area (Å²) < 4.78 is 0. The van der Waals surface area contributed by atoms with Crippen LogP contribution in [0.4, 0.5) is 0 Å². The van der Waals surface area contributed by atoms with E-state index < -0.39 is 0 Å². The van der Waals surface area contributed by atoms with Crippen molar-refractivity contribution in [1.82, 2.24) is 0 Å². The van der Waals surface area contributed by atoms with Gasteiger partial charge in [-0.05, 0) is 12.8 Å². The van der Waals surface area contributed by atoms with Crippen molar-refractivity contribution >= 4 is 0 Å². The van der Waals surface area contributed by atoms with E-state index in [4.69, 9.17) is 5.21 Å². The molecule has 0 amide bonds. The molecular formula is C6H13N2NaO2. The summed E-state index contributed by atoms with van der Waals surface area (Å²) in [5, 5.41) is 21.4. The second-order valence-corrected chi connectivity index (χ2v) is 2.68. The second kappa shape index (κ2) is 5.80. The predicted octanol–water partition coefficient (Wildman–Crippen LogP) is -1.21. The smallest absolute Gasteiger partial charge is 1.00 e. The Bertz CT molecular complexity index is 140. The Labute approximate surface area is 89.6 Å². The van der Waals surface area contributed by atoms with E-state index in [0.29, 0.717) is 4.86 Å². The van der Waals surface area contributed by atoms with Crippen LogP contribution in [0.1, 0.15) is 33.5 Å². The Kier molecular flexibility index (Phi) is 5.91. The summed E-state index contributed by atoms with van der Waals surface area (Å²) in [6, 6.07) is -0.0706. The topological polar surface area (TPSA) is 58.7 Å². The molecule has 0 atom stereocenters. The molecule has 4 nitrogen and oxygen atoms in total. The van der Waals surface area contributed by atoms with Crippen molar-refractivity contribution in [2.24, 2.45) is 5.28 Å². The van der Waals surface area contributed by atoms with Gasteiger partial charge in [0.1, 0.15) is 0 Å². The van der Waals surface area contributed by atoms with Crippen LogP contribution in [0.5, 0.6) is 0 Å². The Morgan fingerprint density at radius 3 is 2.36 bits per heavy atom. The summed E-state index contributed by atoms with van der Waals surface area (Å²) in [6.07, 6.45) is 5.11. The maximum atomic E-state index is 10.7. The molecule has 0 unspecified atom stereocenters. The first-order valence-corrected chi connectivity index (χ1v) is 3.66. The first-order chi connectivity index (χ1) is 4.84. The molecule has 0 aliphatic heterocycles. The number of hydrogen-bond donors (Lipinski definition) is 1. The fraction of sp³-hybridized carbons (Fsp3) is 1.00. The van der Waals surface area contributed by atoms with Gasteiger partial charge in [0.15, 0.2) is 11.3 Å². The molecule has 11 heavy (non-hydrogen) atoms. The van der Waals surface area contributed by atoms with Crippen molar-refractivity contribution in [3.8, 4) is 0 Å². The van der Waals surface area contributed by atoms with Crippen LogP contribution in [0.2, 0.25) is 0 Å². The quantitative estimate of drug-likeness (QED) is 0.231. The fourth-order valence-electron chi connectivity index (χ4n) is 1.37. The molecule has 1 fully saturated rings. The number of hydrogen-bond acceptors (Lipinski definition) is 2. The van der Waals surface area contributed by atoms with Gasteiger partial charge in [-0.3, -0.25) is 0 Å². The molecule has 1 N–H and O–H groups in total. The first-order valence-electron chi connectivity index (χ1n) is 3.66. The van der Waals surface area contributed by atoms with Gasteiger partial charge >= 0.3 is 29.6 Å². The Hall–Kier alpha value is 0.200. The zero-order valence-corrected chi connectivity index (χ0v) is 8.86. The van der Waals surface area contributed by atoms with Crippen LogP contribution in [-0.2, 0) is 0 Å². The van der Waals surface area contributed by atoms with Gasteiger partial charge in [-0.15, -0.1) is 0 Å². The molecule has 0 heterocycles. The van der Waals surface area contributed by atoms with Gasteiger partial charge in [-0.1, -0.05) is 11.3 Å². The van der Waals surface area contributed by atoms with E-state index in [-0.39, 0.29) is 37.0 Å². The van der Waals surface area contributed by atoms with Gasteiger partial charge in [0.05, 0.1) is 0 Å². The molecule has 5 heteroatoms. The summed E-state index contributed by atoms with van der Waals surface area (Å²) in [5.74, 6) is 0. The van der Waals surface area contributed by atoms with E-state index in [1.165, 1.54) is 6.42 Å². The molecule has 1 rings (SSSR count). The van der Waals surface area contributed by atoms with Crippen molar-refractivity contribution in [3.63, 3.8) is 0 Å². The van der Waals surface area contributed by atoms with Crippen molar-refractivity contribution in [2.75, 3.05) is 0 Å². The number of nitrogens with zero attached hydrogens (tertiary/aromatic N) is 2. The Balaban J connectivity index is 0. The van der Waals surface area contributed by atoms with Crippen LogP contribution >= 0.6 is 0 Å². The molecule has 0 aromatic rings. The van der Waals surface area contributed by atoms with Gasteiger partial charge in [-0.25, -0.2) is 0 Å². The van der Waals surface area contributed by atoms with Crippen LogP contribution in [-0.4, -0.2) is 16.1 Å². The van der Waals surface area contributed by atoms with Crippen molar-refractivity contribution in [2.45, 2.75) is 38.1 Å². The van der Waals surface area contributed by atoms with E-state index in [0.717, 1.165) is 25.7 Å². The normalized spacial score (nSPS) is 20.9. The standard InChI is InChI=1S/C6H12N2O2.Na.H/c9-7-8(10)6-4-2-1-3-5-6;;/h6,9H,1-5H2;;/q;+1;-1. The number of rotatable bonds is 1. The average molecular weight is 168 g/mol. The predicted molar refractivity (Wildman–Crippen MR) is 35.8 cm³/mol. The second-order valence-electron chi connectivity index (χ2n) is 2.68. The summed E-state index contributed by atoms with van der Waals surface area (Å²) >= 11 is 0. The van der Waals surface area contributed by atoms with Crippen molar-refractivity contribution < 1.29 is 41.1 Å². The zero-order chi connectivity index (χ0) is 7.40. The van der Waals surface area contributed by atoms with Gasteiger partial charge in [0.25, 0.3) is 0 Å². The third-order valence-electron chi connectivity index (χ3n) is 1.98. The molecule has 0 bridgehead atoms. The Morgan fingerprint density at radius 1 is 1.36 bits per heavy atom. The first kappa shape index (κ1) is 11.2. The van der Waals surface area contributed by atoms with E-state index >= 15 is 0 Å². The minimum absolute atomic E-state index is 0. The molecule has 1 saturated carbocycles. The summed E-state index contributed by atoms with van der Waals surface area (Å²) in [7, 11) is 0. The molecule has 0 radical (unpaired) electrons. The van der Waals surface area contributed by atoms with Gasteiger partial charge in [0.2, 0.25) is 0 Å². The summed E-state index contributed by atoms with van der Waals surface area (Å²) in [4.78, 5) is 0.416. The van der Waals surface area contributed by atoms with Crippen molar-refractivity contribution in [1.29, 1.82) is 0 Å². The minimum atomic E-state index is -0.0706. The SMILES string of the molecule is [H-].[Na+].[O-][N+](=NO)C1CCCCC1. The van der Waals surface area contributed by atoms with E-state index in [9.17, 15) is 5.21 Å². The van der Waals surface area contributed by atoms with E-state index in [1.807, 2.05) is 0 Å². The van der Waals surface area contributed by atoms with E-state index in [2.05, 4.69) is 5.28 Å². The van der Waals surface area contributed by atoms with Gasteiger partial charge in [-0.2, -0.15) is 0 Å². The van der Waals surface area contributed by atoms with Gasteiger partial charge in [0, 0.05) is 12.8 Å². The van der Waals surface area contributed by atoms with E-state index in [1.54, 1.807) is 0 Å². The van der Waals surface area contributed by atoms with Crippen molar-refractivity contribution in [3.05, 3.63) is 5.21 Å². The molecule has 1 aliphatic carbocycles. The van der Waals surface area contributed by atoms with Crippen LogP contribution in [0, 0.1) is 5.21 Å². The average Bonchev–Trinajstić information content (AvgIpc) is 2.05. The van der Waals surface area contributed by atoms with Crippen LogP contribution in [0.3, 0.4) is 0 Å². The summed E-state index contributed by atoms with van der Waals surface area (Å²) in [6.45, 7) is 0. The van der Waals surface area contributed by atoms with Crippen LogP contribution in [0.15, 0.2) is 5.28 Å². The number of hydroxylamine groups is 1. The third kappa shape index (κ3) is 3.40. The minimum Gasteiger partial charge on any atom is -1.00 e. The van der Waals surface area contributed by atoms with Crippen LogP contribution in [0.25, 0.3) is 0 Å². The maximum Gasteiger partial charge on any atom is 1.00 e. The Morgan fingerprint density at radius 2 is 1.91 bits per heavy atom. The molecule has 1 aliphatic rings. The largest absolute Gasteiger partial charge is 1.00 e. The molecule has 0 spiro atoms. The monoisotopic (exact) mass is 168 g/mol. The van der Waals surface area contributed by atoms with Gasteiger partial charge < -0.3 is 11.8 Å². The fourth-order valence-corrected chi connectivity index (χ4v) is 1.37. The molecule has 0 aromatic heterocycles. The summed E-state index contributed by atoms with van der Waals surface area (Å²) in [5.41, 5.74) is 0. The zero-order valence-electron chi connectivity index (χ0n) is 7.86. The molecular weight excluding hydrogens is 155 g/mol.